The third-order valence-corrected chi connectivity index (χ3v) is 3.83. The van der Waals surface area contributed by atoms with Crippen molar-refractivity contribution < 1.29 is 4.79 Å². The fourth-order valence-corrected chi connectivity index (χ4v) is 2.77. The van der Waals surface area contributed by atoms with Gasteiger partial charge in [-0.05, 0) is 12.8 Å². The Bertz CT molecular complexity index is 389. The molecule has 1 N–H and O–H groups in total. The molecule has 5 heteroatoms. The molecule has 0 spiro atoms. The summed E-state index contributed by atoms with van der Waals surface area (Å²) < 4.78 is 1.53. The van der Waals surface area contributed by atoms with Gasteiger partial charge in [0.25, 0.3) is 5.91 Å². The molecule has 0 unspecified atom stereocenters. The number of carbonyl (C=O) groups is 1. The van der Waals surface area contributed by atoms with Crippen molar-refractivity contribution in [3.8, 4) is 0 Å². The standard InChI is InChI=1S/C13H20ClN3O/c1-17-12(11(14)9-15-17)13(18)16-10-7-5-3-2-4-6-8-10/h9-10H,2-8H2,1H3,(H,16,18). The molecular weight excluding hydrogens is 250 g/mol. The third kappa shape index (κ3) is 3.25. The quantitative estimate of drug-likeness (QED) is 0.897. The number of carbonyl (C=O) groups excluding carboxylic acids is 1. The molecule has 1 aromatic heterocycles. The Morgan fingerprint density at radius 2 is 1.94 bits per heavy atom. The molecule has 1 saturated carbocycles. The number of nitrogens with zero attached hydrogens (tertiary/aromatic N) is 2. The summed E-state index contributed by atoms with van der Waals surface area (Å²) >= 11 is 5.97. The van der Waals surface area contributed by atoms with Crippen molar-refractivity contribution in [2.24, 2.45) is 7.05 Å². The molecule has 4 nitrogen and oxygen atoms in total. The van der Waals surface area contributed by atoms with Gasteiger partial charge in [-0.15, -0.1) is 0 Å². The van der Waals surface area contributed by atoms with Crippen LogP contribution < -0.4 is 5.32 Å². The van der Waals surface area contributed by atoms with Crippen molar-refractivity contribution in [1.29, 1.82) is 0 Å². The average molecular weight is 270 g/mol. The van der Waals surface area contributed by atoms with Crippen molar-refractivity contribution >= 4 is 17.5 Å². The van der Waals surface area contributed by atoms with E-state index in [2.05, 4.69) is 10.4 Å². The second-order valence-corrected chi connectivity index (χ2v) is 5.39. The van der Waals surface area contributed by atoms with E-state index in [9.17, 15) is 4.79 Å². The van der Waals surface area contributed by atoms with Crippen LogP contribution in [0.3, 0.4) is 0 Å². The van der Waals surface area contributed by atoms with Gasteiger partial charge in [-0.1, -0.05) is 43.7 Å². The maximum Gasteiger partial charge on any atom is 0.271 e. The summed E-state index contributed by atoms with van der Waals surface area (Å²) in [5.74, 6) is -0.106. The van der Waals surface area contributed by atoms with E-state index < -0.39 is 0 Å². The van der Waals surface area contributed by atoms with E-state index in [1.54, 1.807) is 7.05 Å². The molecular formula is C13H20ClN3O. The Morgan fingerprint density at radius 3 is 2.50 bits per heavy atom. The lowest BCUT2D eigenvalue weighted by Crippen LogP contribution is -2.36. The first-order chi connectivity index (χ1) is 8.68. The molecule has 1 aliphatic carbocycles. The summed E-state index contributed by atoms with van der Waals surface area (Å²) in [6.45, 7) is 0. The van der Waals surface area contributed by atoms with Gasteiger partial charge in [0.05, 0.1) is 11.2 Å². The number of rotatable bonds is 2. The number of aromatic nitrogens is 2. The zero-order valence-electron chi connectivity index (χ0n) is 10.8. The number of aryl methyl sites for hydroxylation is 1. The third-order valence-electron chi connectivity index (χ3n) is 3.55. The van der Waals surface area contributed by atoms with Crippen LogP contribution in [0.5, 0.6) is 0 Å². The first-order valence-corrected chi connectivity index (χ1v) is 7.04. The largest absolute Gasteiger partial charge is 0.348 e. The van der Waals surface area contributed by atoms with Crippen LogP contribution in [0.4, 0.5) is 0 Å². The van der Waals surface area contributed by atoms with E-state index >= 15 is 0 Å². The molecule has 1 heterocycles. The molecule has 18 heavy (non-hydrogen) atoms. The minimum absolute atomic E-state index is 0.106. The average Bonchev–Trinajstić information content (AvgIpc) is 2.62. The monoisotopic (exact) mass is 269 g/mol. The van der Waals surface area contributed by atoms with E-state index in [1.807, 2.05) is 0 Å². The summed E-state index contributed by atoms with van der Waals surface area (Å²) in [5, 5.41) is 7.49. The van der Waals surface area contributed by atoms with E-state index in [4.69, 9.17) is 11.6 Å². The number of hydrogen-bond acceptors (Lipinski definition) is 2. The number of amides is 1. The number of halogens is 1. The van der Waals surface area contributed by atoms with Gasteiger partial charge in [0.1, 0.15) is 5.69 Å². The summed E-state index contributed by atoms with van der Waals surface area (Å²) in [6, 6.07) is 0.281. The van der Waals surface area contributed by atoms with Crippen LogP contribution in [0.15, 0.2) is 6.20 Å². The Morgan fingerprint density at radius 1 is 1.33 bits per heavy atom. The van der Waals surface area contributed by atoms with Crippen LogP contribution in [0.25, 0.3) is 0 Å². The Labute approximate surface area is 113 Å². The van der Waals surface area contributed by atoms with E-state index in [0.717, 1.165) is 12.8 Å². The van der Waals surface area contributed by atoms with Crippen molar-refractivity contribution in [2.45, 2.75) is 51.0 Å². The predicted octanol–water partition coefficient (Wildman–Crippen LogP) is 2.92. The molecule has 1 aliphatic rings. The van der Waals surface area contributed by atoms with E-state index in [0.29, 0.717) is 10.7 Å². The topological polar surface area (TPSA) is 46.9 Å². The molecule has 0 radical (unpaired) electrons. The lowest BCUT2D eigenvalue weighted by Gasteiger charge is -2.21. The minimum Gasteiger partial charge on any atom is -0.348 e. The molecule has 0 aromatic carbocycles. The smallest absolute Gasteiger partial charge is 0.271 e. The second-order valence-electron chi connectivity index (χ2n) is 4.98. The van der Waals surface area contributed by atoms with Crippen LogP contribution in [0.1, 0.15) is 55.4 Å². The summed E-state index contributed by atoms with van der Waals surface area (Å²) in [6.07, 6.45) is 9.93. The van der Waals surface area contributed by atoms with E-state index in [1.165, 1.54) is 43.0 Å². The minimum atomic E-state index is -0.106. The first-order valence-electron chi connectivity index (χ1n) is 6.67. The van der Waals surface area contributed by atoms with E-state index in [-0.39, 0.29) is 11.9 Å². The normalized spacial score (nSPS) is 18.1. The lowest BCUT2D eigenvalue weighted by molar-refractivity contribution is 0.0921. The maximum absolute atomic E-state index is 12.2. The van der Waals surface area contributed by atoms with Crippen molar-refractivity contribution in [3.05, 3.63) is 16.9 Å². The fraction of sp³-hybridized carbons (Fsp3) is 0.692. The Hall–Kier alpha value is -1.03. The zero-order valence-corrected chi connectivity index (χ0v) is 11.5. The van der Waals surface area contributed by atoms with Gasteiger partial charge in [-0.25, -0.2) is 0 Å². The molecule has 1 amide bonds. The molecule has 2 rings (SSSR count). The highest BCUT2D eigenvalue weighted by atomic mass is 35.5. The number of nitrogens with one attached hydrogen (secondary N) is 1. The van der Waals surface area contributed by atoms with Crippen molar-refractivity contribution in [3.63, 3.8) is 0 Å². The summed E-state index contributed by atoms with van der Waals surface area (Å²) in [4.78, 5) is 12.2. The summed E-state index contributed by atoms with van der Waals surface area (Å²) in [5.41, 5.74) is 0.457. The highest BCUT2D eigenvalue weighted by Crippen LogP contribution is 2.19. The fourth-order valence-electron chi connectivity index (χ4n) is 2.52. The first kappa shape index (κ1) is 13.4. The van der Waals surface area contributed by atoms with Crippen LogP contribution in [-0.2, 0) is 7.05 Å². The highest BCUT2D eigenvalue weighted by molar-refractivity contribution is 6.33. The Balaban J connectivity index is 1.97. The summed E-state index contributed by atoms with van der Waals surface area (Å²) in [7, 11) is 1.74. The lowest BCUT2D eigenvalue weighted by atomic mass is 9.96. The predicted molar refractivity (Wildman–Crippen MR) is 71.8 cm³/mol. The molecule has 1 aromatic rings. The van der Waals surface area contributed by atoms with Gasteiger partial charge < -0.3 is 5.32 Å². The zero-order chi connectivity index (χ0) is 13.0. The highest BCUT2D eigenvalue weighted by Gasteiger charge is 2.19. The molecule has 0 aliphatic heterocycles. The van der Waals surface area contributed by atoms with Gasteiger partial charge in [0.2, 0.25) is 0 Å². The number of hydrogen-bond donors (Lipinski definition) is 1. The Kier molecular flexibility index (Phi) is 4.64. The van der Waals surface area contributed by atoms with Gasteiger partial charge in [-0.3, -0.25) is 9.48 Å². The van der Waals surface area contributed by atoms with Crippen LogP contribution in [-0.4, -0.2) is 21.7 Å². The second kappa shape index (κ2) is 6.23. The van der Waals surface area contributed by atoms with Crippen LogP contribution >= 0.6 is 11.6 Å². The van der Waals surface area contributed by atoms with Crippen LogP contribution in [0, 0.1) is 0 Å². The SMILES string of the molecule is Cn1ncc(Cl)c1C(=O)NC1CCCCCCC1. The van der Waals surface area contributed by atoms with Crippen molar-refractivity contribution in [2.75, 3.05) is 0 Å². The van der Waals surface area contributed by atoms with Crippen molar-refractivity contribution in [1.82, 2.24) is 15.1 Å². The van der Waals surface area contributed by atoms with Gasteiger partial charge in [0, 0.05) is 13.1 Å². The molecule has 0 atom stereocenters. The molecule has 1 fully saturated rings. The van der Waals surface area contributed by atoms with Gasteiger partial charge in [-0.2, -0.15) is 5.10 Å². The molecule has 100 valence electrons. The van der Waals surface area contributed by atoms with Gasteiger partial charge >= 0.3 is 0 Å². The van der Waals surface area contributed by atoms with Crippen LogP contribution in [0.2, 0.25) is 5.02 Å². The molecule has 0 saturated heterocycles. The van der Waals surface area contributed by atoms with Gasteiger partial charge in [0.15, 0.2) is 0 Å². The maximum atomic E-state index is 12.2. The molecule has 0 bridgehead atoms.